The van der Waals surface area contributed by atoms with E-state index in [4.69, 9.17) is 21.1 Å². The summed E-state index contributed by atoms with van der Waals surface area (Å²) >= 11 is 6.06. The molecule has 2 rings (SSSR count). The summed E-state index contributed by atoms with van der Waals surface area (Å²) in [5.74, 6) is -0.0182. The van der Waals surface area contributed by atoms with Gasteiger partial charge >= 0.3 is 5.97 Å². The first-order valence-electron chi connectivity index (χ1n) is 8.63. The third kappa shape index (κ3) is 4.63. The summed E-state index contributed by atoms with van der Waals surface area (Å²) in [6.07, 6.45) is -0.233. The van der Waals surface area contributed by atoms with Gasteiger partial charge < -0.3 is 19.4 Å². The van der Waals surface area contributed by atoms with Crippen molar-refractivity contribution in [2.75, 3.05) is 14.2 Å². The van der Waals surface area contributed by atoms with Crippen LogP contribution in [-0.4, -0.2) is 42.0 Å². The molecule has 1 heterocycles. The molecule has 1 amide bonds. The van der Waals surface area contributed by atoms with Crippen molar-refractivity contribution >= 4 is 23.5 Å². The fraction of sp³-hybridized carbons (Fsp3) is 0.400. The predicted molar refractivity (Wildman–Crippen MR) is 105 cm³/mol. The van der Waals surface area contributed by atoms with Crippen molar-refractivity contribution < 1.29 is 19.1 Å². The Balaban J connectivity index is 2.28. The molecule has 6 nitrogen and oxygen atoms in total. The van der Waals surface area contributed by atoms with Gasteiger partial charge in [0.2, 0.25) is 0 Å². The lowest BCUT2D eigenvalue weighted by Gasteiger charge is -2.19. The zero-order valence-corrected chi connectivity index (χ0v) is 17.2. The average molecular weight is 393 g/mol. The first-order chi connectivity index (χ1) is 12.6. The number of hydrogen-bond acceptors (Lipinski definition) is 4. The Morgan fingerprint density at radius 1 is 1.26 bits per heavy atom. The Bertz CT molecular complexity index is 858. The fourth-order valence-electron chi connectivity index (χ4n) is 2.93. The Kier molecular flexibility index (Phi) is 6.54. The highest BCUT2D eigenvalue weighted by Gasteiger charge is 2.25. The number of aromatic nitrogens is 1. The van der Waals surface area contributed by atoms with E-state index in [1.165, 1.54) is 0 Å². The van der Waals surface area contributed by atoms with Gasteiger partial charge in [-0.05, 0) is 51.5 Å². The largest absolute Gasteiger partial charge is 0.496 e. The van der Waals surface area contributed by atoms with Gasteiger partial charge in [0, 0.05) is 29.9 Å². The zero-order chi connectivity index (χ0) is 20.3. The van der Waals surface area contributed by atoms with Crippen LogP contribution in [0.5, 0.6) is 5.75 Å². The molecule has 1 aromatic carbocycles. The topological polar surface area (TPSA) is 71.6 Å². The van der Waals surface area contributed by atoms with E-state index < -0.39 is 5.97 Å². The second-order valence-electron chi connectivity index (χ2n) is 6.70. The van der Waals surface area contributed by atoms with Crippen LogP contribution in [0.15, 0.2) is 18.2 Å². The van der Waals surface area contributed by atoms with Gasteiger partial charge in [0.15, 0.2) is 0 Å². The average Bonchev–Trinajstić information content (AvgIpc) is 2.88. The number of H-pyrrole nitrogens is 1. The monoisotopic (exact) mass is 392 g/mol. The third-order valence-electron chi connectivity index (χ3n) is 4.19. The number of ether oxygens (including phenoxy) is 2. The molecule has 27 heavy (non-hydrogen) atoms. The lowest BCUT2D eigenvalue weighted by molar-refractivity contribution is 0.0376. The van der Waals surface area contributed by atoms with Crippen LogP contribution in [0.4, 0.5) is 0 Å². The third-order valence-corrected chi connectivity index (χ3v) is 4.43. The number of methoxy groups -OCH3 is 1. The smallest absolute Gasteiger partial charge is 0.340 e. The van der Waals surface area contributed by atoms with Crippen LogP contribution in [0.25, 0.3) is 0 Å². The molecule has 0 saturated carbocycles. The number of hydrogen-bond donors (Lipinski definition) is 1. The van der Waals surface area contributed by atoms with E-state index in [0.717, 1.165) is 5.56 Å². The number of nitrogens with zero attached hydrogens (tertiary/aromatic N) is 1. The number of rotatable bonds is 6. The molecular weight excluding hydrogens is 368 g/mol. The molecular formula is C20H25ClN2O4. The number of carbonyl (C=O) groups is 2. The van der Waals surface area contributed by atoms with E-state index in [-0.39, 0.29) is 12.0 Å². The van der Waals surface area contributed by atoms with E-state index in [1.807, 2.05) is 0 Å². The Hall–Kier alpha value is -2.47. The minimum atomic E-state index is -0.436. The van der Waals surface area contributed by atoms with Crippen LogP contribution in [0, 0.1) is 13.8 Å². The highest BCUT2D eigenvalue weighted by molar-refractivity contribution is 6.30. The summed E-state index contributed by atoms with van der Waals surface area (Å²) in [4.78, 5) is 29.8. The normalized spacial score (nSPS) is 10.8. The van der Waals surface area contributed by atoms with E-state index in [1.54, 1.807) is 65.0 Å². The molecule has 0 radical (unpaired) electrons. The van der Waals surface area contributed by atoms with Crippen LogP contribution in [0.3, 0.4) is 0 Å². The van der Waals surface area contributed by atoms with E-state index in [0.29, 0.717) is 39.8 Å². The number of esters is 1. The quantitative estimate of drug-likeness (QED) is 0.750. The van der Waals surface area contributed by atoms with Crippen LogP contribution in [0.2, 0.25) is 5.02 Å². The highest BCUT2D eigenvalue weighted by atomic mass is 35.5. The second-order valence-corrected chi connectivity index (χ2v) is 7.13. The molecule has 0 atom stereocenters. The van der Waals surface area contributed by atoms with Crippen LogP contribution in [0.1, 0.15) is 51.5 Å². The lowest BCUT2D eigenvalue weighted by Crippen LogP contribution is -2.27. The van der Waals surface area contributed by atoms with Crippen molar-refractivity contribution in [2.45, 2.75) is 40.3 Å². The molecule has 0 aliphatic rings. The van der Waals surface area contributed by atoms with E-state index in [2.05, 4.69) is 4.98 Å². The van der Waals surface area contributed by atoms with E-state index in [9.17, 15) is 9.59 Å². The van der Waals surface area contributed by atoms with Gasteiger partial charge in [-0.25, -0.2) is 4.79 Å². The Morgan fingerprint density at radius 2 is 1.93 bits per heavy atom. The summed E-state index contributed by atoms with van der Waals surface area (Å²) in [5.41, 5.74) is 2.75. The molecule has 1 N–H and O–H groups in total. The number of halogens is 1. The molecule has 0 unspecified atom stereocenters. The molecule has 0 aliphatic carbocycles. The van der Waals surface area contributed by atoms with Gasteiger partial charge in [0.05, 0.1) is 18.8 Å². The van der Waals surface area contributed by atoms with Gasteiger partial charge in [0.1, 0.15) is 11.4 Å². The minimum Gasteiger partial charge on any atom is -0.496 e. The van der Waals surface area contributed by atoms with Crippen LogP contribution >= 0.6 is 11.6 Å². The molecule has 146 valence electrons. The van der Waals surface area contributed by atoms with Crippen molar-refractivity contribution in [3.8, 4) is 5.75 Å². The Labute approximate surface area is 164 Å². The SMILES string of the molecule is COc1ccc(Cl)cc1CN(C)C(=O)c1[nH]c(C)c(C(=O)OC(C)C)c1C. The van der Waals surface area contributed by atoms with Gasteiger partial charge in [-0.1, -0.05) is 11.6 Å². The number of nitrogens with one attached hydrogen (secondary N) is 1. The van der Waals surface area contributed by atoms with Crippen molar-refractivity contribution in [3.63, 3.8) is 0 Å². The fourth-order valence-corrected chi connectivity index (χ4v) is 3.13. The summed E-state index contributed by atoms with van der Waals surface area (Å²) in [6, 6.07) is 5.26. The maximum Gasteiger partial charge on any atom is 0.340 e. The lowest BCUT2D eigenvalue weighted by atomic mass is 10.1. The molecule has 0 spiro atoms. The standard InChI is InChI=1S/C20H25ClN2O4/c1-11(2)27-20(25)17-12(3)18(22-13(17)4)19(24)23(5)10-14-9-15(21)7-8-16(14)26-6/h7-9,11,22H,10H2,1-6H3. The minimum absolute atomic E-state index is 0.233. The maximum absolute atomic E-state index is 12.9. The number of aromatic amines is 1. The predicted octanol–water partition coefficient (Wildman–Crippen LogP) is 4.13. The van der Waals surface area contributed by atoms with Crippen molar-refractivity contribution in [3.05, 3.63) is 51.3 Å². The number of aryl methyl sites for hydroxylation is 1. The van der Waals surface area contributed by atoms with Gasteiger partial charge in [0.25, 0.3) is 5.91 Å². The summed E-state index contributed by atoms with van der Waals surface area (Å²) in [7, 11) is 3.25. The molecule has 7 heteroatoms. The molecule has 0 aliphatic heterocycles. The summed E-state index contributed by atoms with van der Waals surface area (Å²) in [5, 5.41) is 0.567. The van der Waals surface area contributed by atoms with E-state index >= 15 is 0 Å². The first kappa shape index (κ1) is 20.8. The summed E-state index contributed by atoms with van der Waals surface area (Å²) in [6.45, 7) is 7.37. The van der Waals surface area contributed by atoms with Crippen molar-refractivity contribution in [1.82, 2.24) is 9.88 Å². The maximum atomic E-state index is 12.9. The Morgan fingerprint density at radius 3 is 2.52 bits per heavy atom. The molecule has 2 aromatic rings. The number of amides is 1. The van der Waals surface area contributed by atoms with Crippen LogP contribution < -0.4 is 4.74 Å². The molecule has 0 bridgehead atoms. The van der Waals surface area contributed by atoms with Crippen molar-refractivity contribution in [2.24, 2.45) is 0 Å². The van der Waals surface area contributed by atoms with Gasteiger partial charge in [-0.3, -0.25) is 4.79 Å². The van der Waals surface area contributed by atoms with Gasteiger partial charge in [-0.2, -0.15) is 0 Å². The van der Waals surface area contributed by atoms with Gasteiger partial charge in [-0.15, -0.1) is 0 Å². The van der Waals surface area contributed by atoms with Crippen molar-refractivity contribution in [1.29, 1.82) is 0 Å². The molecule has 0 fully saturated rings. The van der Waals surface area contributed by atoms with Crippen LogP contribution in [-0.2, 0) is 11.3 Å². The number of carbonyl (C=O) groups excluding carboxylic acids is 2. The highest BCUT2D eigenvalue weighted by Crippen LogP contribution is 2.25. The molecule has 0 saturated heterocycles. The molecule has 1 aromatic heterocycles. The number of benzene rings is 1. The zero-order valence-electron chi connectivity index (χ0n) is 16.5. The second kappa shape index (κ2) is 8.48. The summed E-state index contributed by atoms with van der Waals surface area (Å²) < 4.78 is 10.6. The first-order valence-corrected chi connectivity index (χ1v) is 9.01.